The van der Waals surface area contributed by atoms with Crippen molar-refractivity contribution < 1.29 is 4.79 Å². The van der Waals surface area contributed by atoms with Crippen LogP contribution in [0.15, 0.2) is 53.4 Å². The van der Waals surface area contributed by atoms with Gasteiger partial charge in [0.2, 0.25) is 0 Å². The highest BCUT2D eigenvalue weighted by atomic mass is 32.2. The van der Waals surface area contributed by atoms with Crippen LogP contribution < -0.4 is 5.32 Å². The van der Waals surface area contributed by atoms with Crippen LogP contribution in [-0.2, 0) is 6.54 Å². The number of carbonyl (C=O) groups excluding carboxylic acids is 1. The van der Waals surface area contributed by atoms with Gasteiger partial charge in [-0.1, -0.05) is 31.2 Å². The molecule has 1 N–H and O–H groups in total. The van der Waals surface area contributed by atoms with E-state index in [1.54, 1.807) is 11.8 Å². The number of anilines is 1. The van der Waals surface area contributed by atoms with Gasteiger partial charge in [-0.05, 0) is 67.9 Å². The summed E-state index contributed by atoms with van der Waals surface area (Å²) in [5.41, 5.74) is 2.84. The highest BCUT2D eigenvalue weighted by molar-refractivity contribution is 7.98. The lowest BCUT2D eigenvalue weighted by atomic mass is 9.99. The summed E-state index contributed by atoms with van der Waals surface area (Å²) in [5.74, 6) is 0.798. The number of thioether (sulfide) groups is 1. The molecule has 1 aliphatic heterocycles. The maximum absolute atomic E-state index is 12.5. The van der Waals surface area contributed by atoms with Crippen molar-refractivity contribution in [3.8, 4) is 0 Å². The lowest BCUT2D eigenvalue weighted by Crippen LogP contribution is -2.32. The highest BCUT2D eigenvalue weighted by Gasteiger charge is 2.16. The van der Waals surface area contributed by atoms with Gasteiger partial charge >= 0.3 is 0 Å². The van der Waals surface area contributed by atoms with Gasteiger partial charge in [0.15, 0.2) is 0 Å². The second kappa shape index (κ2) is 8.54. The van der Waals surface area contributed by atoms with E-state index in [1.165, 1.54) is 31.5 Å². The molecule has 3 rings (SSSR count). The number of hydrogen-bond acceptors (Lipinski definition) is 3. The van der Waals surface area contributed by atoms with Crippen LogP contribution in [0.1, 0.15) is 35.7 Å². The van der Waals surface area contributed by atoms with E-state index in [4.69, 9.17) is 0 Å². The summed E-state index contributed by atoms with van der Waals surface area (Å²) in [6, 6.07) is 15.9. The molecule has 0 radical (unpaired) electrons. The average Bonchev–Trinajstić information content (AvgIpc) is 2.64. The Hall–Kier alpha value is -1.78. The largest absolute Gasteiger partial charge is 0.321 e. The maximum Gasteiger partial charge on any atom is 0.255 e. The molecule has 2 aromatic carbocycles. The number of para-hydroxylation sites is 1. The molecular formula is C21H26N2OS. The second-order valence-corrected chi connectivity index (χ2v) is 7.66. The Bertz CT molecular complexity index is 706. The number of nitrogens with zero attached hydrogens (tertiary/aromatic N) is 1. The number of likely N-dealkylation sites (tertiary alicyclic amines) is 1. The molecule has 25 heavy (non-hydrogen) atoms. The van der Waals surface area contributed by atoms with Crippen LogP contribution in [0.5, 0.6) is 0 Å². The molecule has 1 aliphatic rings. The van der Waals surface area contributed by atoms with Crippen molar-refractivity contribution in [1.29, 1.82) is 0 Å². The molecule has 0 saturated carbocycles. The molecule has 132 valence electrons. The number of nitrogens with one attached hydrogen (secondary N) is 1. The first-order valence-corrected chi connectivity index (χ1v) is 10.1. The van der Waals surface area contributed by atoms with Gasteiger partial charge in [-0.25, -0.2) is 0 Å². The molecule has 0 bridgehead atoms. The topological polar surface area (TPSA) is 32.3 Å². The summed E-state index contributed by atoms with van der Waals surface area (Å²) < 4.78 is 0. The minimum Gasteiger partial charge on any atom is -0.321 e. The fourth-order valence-electron chi connectivity index (χ4n) is 3.18. The number of benzene rings is 2. The SMILES string of the molecule is CSc1ccccc1NC(=O)c1ccc(CN2CCC(C)CC2)cc1. The first-order valence-electron chi connectivity index (χ1n) is 8.91. The monoisotopic (exact) mass is 354 g/mol. The fourth-order valence-corrected chi connectivity index (χ4v) is 3.74. The van der Waals surface area contributed by atoms with Gasteiger partial charge in [0, 0.05) is 17.0 Å². The van der Waals surface area contributed by atoms with Crippen molar-refractivity contribution in [2.45, 2.75) is 31.2 Å². The standard InChI is InChI=1S/C21H26N2OS/c1-16-11-13-23(14-12-16)15-17-7-9-18(10-8-17)21(24)22-19-5-3-4-6-20(19)25-2/h3-10,16H,11-15H2,1-2H3,(H,22,24). The predicted molar refractivity (Wildman–Crippen MR) is 106 cm³/mol. The molecule has 1 amide bonds. The molecule has 0 aliphatic carbocycles. The van der Waals surface area contributed by atoms with E-state index in [-0.39, 0.29) is 5.91 Å². The first kappa shape index (κ1) is 18.0. The molecule has 0 atom stereocenters. The van der Waals surface area contributed by atoms with E-state index in [0.717, 1.165) is 23.0 Å². The van der Waals surface area contributed by atoms with Crippen LogP contribution in [0.2, 0.25) is 0 Å². The Labute approximate surface area is 154 Å². The Morgan fingerprint density at radius 3 is 2.48 bits per heavy atom. The number of rotatable bonds is 5. The zero-order chi connectivity index (χ0) is 17.6. The summed E-state index contributed by atoms with van der Waals surface area (Å²) in [6.07, 6.45) is 4.59. The van der Waals surface area contributed by atoms with Crippen molar-refractivity contribution in [3.05, 3.63) is 59.7 Å². The van der Waals surface area contributed by atoms with Gasteiger partial charge in [0.25, 0.3) is 5.91 Å². The van der Waals surface area contributed by atoms with E-state index < -0.39 is 0 Å². The summed E-state index contributed by atoms with van der Waals surface area (Å²) in [5, 5.41) is 3.01. The van der Waals surface area contributed by atoms with Crippen LogP contribution in [0, 0.1) is 5.92 Å². The van der Waals surface area contributed by atoms with Gasteiger partial charge < -0.3 is 5.32 Å². The van der Waals surface area contributed by atoms with E-state index in [2.05, 4.69) is 29.3 Å². The first-order chi connectivity index (χ1) is 12.2. The molecule has 4 heteroatoms. The fraction of sp³-hybridized carbons (Fsp3) is 0.381. The van der Waals surface area contributed by atoms with Gasteiger partial charge in [0.1, 0.15) is 0 Å². The molecular weight excluding hydrogens is 328 g/mol. The molecule has 2 aromatic rings. The molecule has 0 aromatic heterocycles. The molecule has 1 saturated heterocycles. The Morgan fingerprint density at radius 2 is 1.80 bits per heavy atom. The Morgan fingerprint density at radius 1 is 1.12 bits per heavy atom. The normalized spacial score (nSPS) is 15.9. The van der Waals surface area contributed by atoms with Crippen LogP contribution in [-0.4, -0.2) is 30.2 Å². The van der Waals surface area contributed by atoms with Crippen LogP contribution in [0.4, 0.5) is 5.69 Å². The highest BCUT2D eigenvalue weighted by Crippen LogP contribution is 2.25. The molecule has 0 unspecified atom stereocenters. The molecule has 1 heterocycles. The van der Waals surface area contributed by atoms with Gasteiger partial charge in [-0.3, -0.25) is 9.69 Å². The van der Waals surface area contributed by atoms with Crippen molar-refractivity contribution in [3.63, 3.8) is 0 Å². The third-order valence-electron chi connectivity index (χ3n) is 4.85. The molecule has 0 spiro atoms. The lowest BCUT2D eigenvalue weighted by Gasteiger charge is -2.30. The zero-order valence-corrected chi connectivity index (χ0v) is 15.8. The van der Waals surface area contributed by atoms with Gasteiger partial charge in [-0.2, -0.15) is 0 Å². The van der Waals surface area contributed by atoms with Crippen molar-refractivity contribution in [2.24, 2.45) is 5.92 Å². The van der Waals surface area contributed by atoms with Gasteiger partial charge in [-0.15, -0.1) is 11.8 Å². The van der Waals surface area contributed by atoms with Crippen molar-refractivity contribution >= 4 is 23.4 Å². The predicted octanol–water partition coefficient (Wildman–Crippen LogP) is 4.89. The van der Waals surface area contributed by atoms with Gasteiger partial charge in [0.05, 0.1) is 5.69 Å². The number of piperidine rings is 1. The second-order valence-electron chi connectivity index (χ2n) is 6.81. The zero-order valence-electron chi connectivity index (χ0n) is 15.0. The van der Waals surface area contributed by atoms with Crippen LogP contribution in [0.3, 0.4) is 0 Å². The smallest absolute Gasteiger partial charge is 0.255 e. The van der Waals surface area contributed by atoms with Crippen molar-refractivity contribution in [1.82, 2.24) is 4.90 Å². The number of hydrogen-bond donors (Lipinski definition) is 1. The Balaban J connectivity index is 1.60. The maximum atomic E-state index is 12.5. The summed E-state index contributed by atoms with van der Waals surface area (Å²) in [6.45, 7) is 5.66. The third-order valence-corrected chi connectivity index (χ3v) is 5.65. The van der Waals surface area contributed by atoms with E-state index in [0.29, 0.717) is 5.56 Å². The van der Waals surface area contributed by atoms with E-state index in [1.807, 2.05) is 42.7 Å². The minimum absolute atomic E-state index is 0.0557. The molecule has 3 nitrogen and oxygen atoms in total. The summed E-state index contributed by atoms with van der Waals surface area (Å²) in [4.78, 5) is 16.1. The summed E-state index contributed by atoms with van der Waals surface area (Å²) >= 11 is 1.63. The molecule has 1 fully saturated rings. The van der Waals surface area contributed by atoms with Crippen molar-refractivity contribution in [2.75, 3.05) is 24.7 Å². The lowest BCUT2D eigenvalue weighted by molar-refractivity contribution is 0.102. The van der Waals surface area contributed by atoms with E-state index >= 15 is 0 Å². The number of carbonyl (C=O) groups is 1. The van der Waals surface area contributed by atoms with Crippen LogP contribution in [0.25, 0.3) is 0 Å². The third kappa shape index (κ3) is 4.86. The average molecular weight is 355 g/mol. The van der Waals surface area contributed by atoms with E-state index in [9.17, 15) is 4.79 Å². The minimum atomic E-state index is -0.0557. The Kier molecular flexibility index (Phi) is 6.16. The quantitative estimate of drug-likeness (QED) is 0.776. The number of amides is 1. The summed E-state index contributed by atoms with van der Waals surface area (Å²) in [7, 11) is 0. The van der Waals surface area contributed by atoms with Crippen LogP contribution >= 0.6 is 11.8 Å².